The van der Waals surface area contributed by atoms with Gasteiger partial charge in [-0.15, -0.1) is 11.3 Å². The Morgan fingerprint density at radius 1 is 1.67 bits per heavy atom. The topological polar surface area (TPSA) is 48.7 Å². The Morgan fingerprint density at radius 3 is 2.94 bits per heavy atom. The first-order valence-electron chi connectivity index (χ1n) is 6.41. The van der Waals surface area contributed by atoms with Crippen molar-refractivity contribution in [3.8, 4) is 6.07 Å². The maximum Gasteiger partial charge on any atom is 0.150 e. The highest BCUT2D eigenvalue weighted by atomic mass is 32.2. The molecule has 18 heavy (non-hydrogen) atoms. The van der Waals surface area contributed by atoms with Gasteiger partial charge in [0.15, 0.2) is 0 Å². The molecule has 0 amide bonds. The molecule has 1 saturated carbocycles. The van der Waals surface area contributed by atoms with Gasteiger partial charge in [-0.2, -0.15) is 5.26 Å². The lowest BCUT2D eigenvalue weighted by atomic mass is 9.97. The van der Waals surface area contributed by atoms with Gasteiger partial charge in [0.25, 0.3) is 0 Å². The van der Waals surface area contributed by atoms with E-state index in [4.69, 9.17) is 0 Å². The zero-order valence-corrected chi connectivity index (χ0v) is 12.5. The molecule has 1 aromatic heterocycles. The third-order valence-corrected chi connectivity index (χ3v) is 5.52. The fourth-order valence-electron chi connectivity index (χ4n) is 1.97. The summed E-state index contributed by atoms with van der Waals surface area (Å²) in [5, 5.41) is 15.1. The van der Waals surface area contributed by atoms with E-state index >= 15 is 0 Å². The summed E-state index contributed by atoms with van der Waals surface area (Å²) < 4.78 is 1.08. The van der Waals surface area contributed by atoms with E-state index in [1.54, 1.807) is 23.1 Å². The normalized spacial score (nSPS) is 18.3. The third-order valence-electron chi connectivity index (χ3n) is 3.19. The molecular formula is C13H19N3S2. The molecule has 1 aliphatic rings. The quantitative estimate of drug-likeness (QED) is 0.780. The van der Waals surface area contributed by atoms with Crippen LogP contribution in [0.25, 0.3) is 0 Å². The molecule has 1 unspecified atom stereocenters. The average molecular weight is 281 g/mol. The molecule has 3 nitrogen and oxygen atoms in total. The molecule has 1 heterocycles. The minimum absolute atomic E-state index is 0.347. The van der Waals surface area contributed by atoms with Gasteiger partial charge in [0.05, 0.1) is 6.07 Å². The van der Waals surface area contributed by atoms with Gasteiger partial charge >= 0.3 is 0 Å². The number of thioether (sulfide) groups is 1. The van der Waals surface area contributed by atoms with Crippen LogP contribution in [0.3, 0.4) is 0 Å². The van der Waals surface area contributed by atoms with Gasteiger partial charge in [-0.25, -0.2) is 4.98 Å². The molecular weight excluding hydrogens is 262 g/mol. The smallest absolute Gasteiger partial charge is 0.150 e. The van der Waals surface area contributed by atoms with Crippen LogP contribution < -0.4 is 5.32 Å². The van der Waals surface area contributed by atoms with E-state index in [0.29, 0.717) is 5.92 Å². The van der Waals surface area contributed by atoms with Gasteiger partial charge in [-0.1, -0.05) is 18.7 Å². The summed E-state index contributed by atoms with van der Waals surface area (Å²) in [6, 6.07) is 2.53. The molecule has 0 bridgehead atoms. The Labute approximate surface area is 117 Å². The summed E-state index contributed by atoms with van der Waals surface area (Å²) in [6.07, 6.45) is 3.43. The van der Waals surface area contributed by atoms with E-state index < -0.39 is 0 Å². The largest absolute Gasteiger partial charge is 0.298 e. The predicted octanol–water partition coefficient (Wildman–Crippen LogP) is 3.22. The predicted molar refractivity (Wildman–Crippen MR) is 76.9 cm³/mol. The van der Waals surface area contributed by atoms with Crippen molar-refractivity contribution < 1.29 is 0 Å². The summed E-state index contributed by atoms with van der Waals surface area (Å²) in [5.74, 6) is 1.34. The average Bonchev–Trinajstić information content (AvgIpc) is 3.14. The Kier molecular flexibility index (Phi) is 4.66. The van der Waals surface area contributed by atoms with E-state index in [2.05, 4.69) is 28.7 Å². The van der Waals surface area contributed by atoms with Crippen LogP contribution >= 0.6 is 23.1 Å². The summed E-state index contributed by atoms with van der Waals surface area (Å²) in [4.78, 5) is 4.45. The summed E-state index contributed by atoms with van der Waals surface area (Å²) >= 11 is 3.39. The number of aromatic nitrogens is 1. The first-order valence-corrected chi connectivity index (χ1v) is 8.28. The molecule has 5 heteroatoms. The molecule has 0 spiro atoms. The van der Waals surface area contributed by atoms with E-state index in [0.717, 1.165) is 28.8 Å². The van der Waals surface area contributed by atoms with E-state index in [-0.39, 0.29) is 5.54 Å². The molecule has 1 aromatic rings. The van der Waals surface area contributed by atoms with Crippen molar-refractivity contribution in [1.82, 2.24) is 10.3 Å². The number of hydrogen-bond donors (Lipinski definition) is 1. The van der Waals surface area contributed by atoms with Crippen molar-refractivity contribution in [3.63, 3.8) is 0 Å². The number of nitrogens with one attached hydrogen (secondary N) is 1. The zero-order chi connectivity index (χ0) is 13.0. The van der Waals surface area contributed by atoms with Crippen LogP contribution in [-0.2, 0) is 0 Å². The first-order chi connectivity index (χ1) is 8.70. The van der Waals surface area contributed by atoms with Crippen molar-refractivity contribution in [3.05, 3.63) is 11.1 Å². The monoisotopic (exact) mass is 281 g/mol. The van der Waals surface area contributed by atoms with Gasteiger partial charge in [0.2, 0.25) is 0 Å². The Morgan fingerprint density at radius 2 is 2.44 bits per heavy atom. The van der Waals surface area contributed by atoms with Gasteiger partial charge < -0.3 is 0 Å². The second-order valence-electron chi connectivity index (χ2n) is 4.83. The van der Waals surface area contributed by atoms with E-state index in [9.17, 15) is 5.26 Å². The van der Waals surface area contributed by atoms with Crippen LogP contribution in [0.15, 0.2) is 9.72 Å². The summed E-state index contributed by atoms with van der Waals surface area (Å²) in [7, 11) is 0. The van der Waals surface area contributed by atoms with Crippen molar-refractivity contribution in [2.24, 2.45) is 5.92 Å². The molecule has 1 fully saturated rings. The van der Waals surface area contributed by atoms with Crippen molar-refractivity contribution in [1.29, 1.82) is 5.26 Å². The Hall–Kier alpha value is -0.570. The van der Waals surface area contributed by atoms with Gasteiger partial charge in [-0.3, -0.25) is 5.32 Å². The number of hydrogen-bond acceptors (Lipinski definition) is 5. The standard InChI is InChI=1S/C13H19N3S2/c1-3-6-15-13(8-14,11-4-5-11)9-18-12-16-10(2)7-17-12/h7,11,15H,3-6,9H2,1-2H3. The molecule has 1 atom stereocenters. The van der Waals surface area contributed by atoms with Crippen molar-refractivity contribution in [2.75, 3.05) is 12.3 Å². The highest BCUT2D eigenvalue weighted by Gasteiger charge is 2.45. The number of thiazole rings is 1. The minimum atomic E-state index is -0.347. The number of aryl methyl sites for hydroxylation is 1. The number of nitriles is 1. The second-order valence-corrected chi connectivity index (χ2v) is 6.91. The lowest BCUT2D eigenvalue weighted by Crippen LogP contribution is -2.48. The van der Waals surface area contributed by atoms with Crippen LogP contribution in [0.4, 0.5) is 0 Å². The highest BCUT2D eigenvalue weighted by Crippen LogP contribution is 2.42. The molecule has 0 saturated heterocycles. The van der Waals surface area contributed by atoms with Crippen LogP contribution in [0.2, 0.25) is 0 Å². The molecule has 2 rings (SSSR count). The number of nitrogens with zero attached hydrogens (tertiary/aromatic N) is 2. The Balaban J connectivity index is 1.98. The van der Waals surface area contributed by atoms with E-state index in [1.165, 1.54) is 12.8 Å². The van der Waals surface area contributed by atoms with Crippen LogP contribution in [0.1, 0.15) is 31.9 Å². The number of rotatable bonds is 7. The van der Waals surface area contributed by atoms with Crippen LogP contribution in [0, 0.1) is 24.2 Å². The molecule has 0 aliphatic heterocycles. The fraction of sp³-hybridized carbons (Fsp3) is 0.692. The van der Waals surface area contributed by atoms with Gasteiger partial charge in [0, 0.05) is 16.8 Å². The maximum absolute atomic E-state index is 9.55. The first kappa shape index (κ1) is 13.9. The highest BCUT2D eigenvalue weighted by molar-refractivity contribution is 8.01. The summed E-state index contributed by atoms with van der Waals surface area (Å²) in [6.45, 7) is 5.06. The van der Waals surface area contributed by atoms with Gasteiger partial charge in [-0.05, 0) is 38.6 Å². The van der Waals surface area contributed by atoms with E-state index in [1.807, 2.05) is 6.92 Å². The molecule has 0 radical (unpaired) electrons. The summed E-state index contributed by atoms with van der Waals surface area (Å²) in [5.41, 5.74) is 0.721. The SMILES string of the molecule is CCCNC(C#N)(CSc1nc(C)cs1)C1CC1. The zero-order valence-electron chi connectivity index (χ0n) is 10.9. The molecule has 1 aliphatic carbocycles. The fourth-order valence-corrected chi connectivity index (χ4v) is 4.05. The maximum atomic E-state index is 9.55. The van der Waals surface area contributed by atoms with Crippen LogP contribution in [-0.4, -0.2) is 22.8 Å². The van der Waals surface area contributed by atoms with Crippen molar-refractivity contribution in [2.45, 2.75) is 43.0 Å². The Bertz CT molecular complexity index is 434. The second kappa shape index (κ2) is 6.05. The molecule has 98 valence electrons. The minimum Gasteiger partial charge on any atom is -0.298 e. The van der Waals surface area contributed by atoms with Gasteiger partial charge in [0.1, 0.15) is 9.88 Å². The lowest BCUT2D eigenvalue weighted by Gasteiger charge is -2.27. The third kappa shape index (κ3) is 3.25. The lowest BCUT2D eigenvalue weighted by molar-refractivity contribution is 0.405. The van der Waals surface area contributed by atoms with Crippen LogP contribution in [0.5, 0.6) is 0 Å². The van der Waals surface area contributed by atoms with Crippen molar-refractivity contribution >= 4 is 23.1 Å². The molecule has 1 N–H and O–H groups in total. The molecule has 0 aromatic carbocycles.